The van der Waals surface area contributed by atoms with Crippen LogP contribution in [-0.4, -0.2) is 22.6 Å². The monoisotopic (exact) mass is 447 g/mol. The molecule has 3 rings (SSSR count). The molecule has 0 unspecified atom stereocenters. The largest absolute Gasteiger partial charge is 0.497 e. The number of rotatable bonds is 7. The first-order valence-electron chi connectivity index (χ1n) is 9.03. The summed E-state index contributed by atoms with van der Waals surface area (Å²) in [7, 11) is -0.820. The highest BCUT2D eigenvalue weighted by molar-refractivity contribution is 7.92. The highest BCUT2D eigenvalue weighted by Gasteiger charge is 2.22. The maximum atomic E-state index is 13.2. The summed E-state index contributed by atoms with van der Waals surface area (Å²) in [4.78, 5) is 0.176. The van der Waals surface area contributed by atoms with Gasteiger partial charge in [0.2, 0.25) is 0 Å². The van der Waals surface area contributed by atoms with Crippen molar-refractivity contribution in [1.29, 1.82) is 0 Å². The molecule has 0 atom stereocenters. The van der Waals surface area contributed by atoms with Gasteiger partial charge in [0, 0.05) is 11.1 Å². The Morgan fingerprint density at radius 3 is 2.10 bits per heavy atom. The van der Waals surface area contributed by atoms with Crippen molar-refractivity contribution in [2.75, 3.05) is 18.9 Å². The molecule has 0 bridgehead atoms. The third-order valence-electron chi connectivity index (χ3n) is 4.39. The SMILES string of the molecule is COc1cccc(Oc2ccc(Cl)cc2NS(=O)(=O)c2c(C)cc(OC)cc2C)c1. The van der Waals surface area contributed by atoms with Crippen LogP contribution in [0.25, 0.3) is 0 Å². The molecule has 0 aliphatic carbocycles. The second-order valence-corrected chi connectivity index (χ2v) is 8.67. The van der Waals surface area contributed by atoms with E-state index in [1.54, 1.807) is 69.5 Å². The summed E-state index contributed by atoms with van der Waals surface area (Å²) in [5.74, 6) is 2.01. The number of methoxy groups -OCH3 is 2. The van der Waals surface area contributed by atoms with Gasteiger partial charge in [0.15, 0.2) is 5.75 Å². The number of hydrogen-bond donors (Lipinski definition) is 1. The van der Waals surface area contributed by atoms with Crippen LogP contribution >= 0.6 is 11.6 Å². The van der Waals surface area contributed by atoms with Crippen LogP contribution in [-0.2, 0) is 10.0 Å². The number of halogens is 1. The van der Waals surface area contributed by atoms with Gasteiger partial charge < -0.3 is 14.2 Å². The Labute approximate surface area is 181 Å². The molecule has 0 aliphatic heterocycles. The van der Waals surface area contributed by atoms with Gasteiger partial charge in [-0.1, -0.05) is 17.7 Å². The van der Waals surface area contributed by atoms with Crippen molar-refractivity contribution in [2.45, 2.75) is 18.7 Å². The zero-order chi connectivity index (χ0) is 21.9. The molecule has 1 N–H and O–H groups in total. The predicted molar refractivity (Wildman–Crippen MR) is 118 cm³/mol. The van der Waals surface area contributed by atoms with Crippen LogP contribution in [0.15, 0.2) is 59.5 Å². The Bertz CT molecular complexity index is 1150. The zero-order valence-corrected chi connectivity index (χ0v) is 18.6. The van der Waals surface area contributed by atoms with E-state index in [4.69, 9.17) is 25.8 Å². The van der Waals surface area contributed by atoms with Gasteiger partial charge in [-0.05, 0) is 67.4 Å². The lowest BCUT2D eigenvalue weighted by Gasteiger charge is -2.17. The van der Waals surface area contributed by atoms with Gasteiger partial charge in [0.25, 0.3) is 10.0 Å². The summed E-state index contributed by atoms with van der Waals surface area (Å²) in [5.41, 5.74) is 1.35. The van der Waals surface area contributed by atoms with E-state index in [9.17, 15) is 8.42 Å². The van der Waals surface area contributed by atoms with Gasteiger partial charge >= 0.3 is 0 Å². The van der Waals surface area contributed by atoms with Gasteiger partial charge in [0.1, 0.15) is 17.2 Å². The topological polar surface area (TPSA) is 73.9 Å². The minimum absolute atomic E-state index is 0.176. The number of benzene rings is 3. The fourth-order valence-corrected chi connectivity index (χ4v) is 4.80. The van der Waals surface area contributed by atoms with Crippen LogP contribution in [0.4, 0.5) is 5.69 Å². The summed E-state index contributed by atoms with van der Waals surface area (Å²) < 4.78 is 45.3. The molecule has 3 aromatic carbocycles. The summed E-state index contributed by atoms with van der Waals surface area (Å²) in [6, 6.07) is 15.1. The smallest absolute Gasteiger partial charge is 0.262 e. The van der Waals surface area contributed by atoms with Gasteiger partial charge in [-0.15, -0.1) is 0 Å². The number of anilines is 1. The van der Waals surface area contributed by atoms with E-state index in [2.05, 4.69) is 4.72 Å². The molecule has 0 spiro atoms. The lowest BCUT2D eigenvalue weighted by atomic mass is 10.1. The van der Waals surface area contributed by atoms with Crippen molar-refractivity contribution >= 4 is 27.3 Å². The molecule has 0 heterocycles. The molecule has 0 aromatic heterocycles. The number of sulfonamides is 1. The standard InChI is InChI=1S/C22H22ClNO5S/c1-14-10-19(28-4)11-15(2)22(14)30(25,26)24-20-12-16(23)8-9-21(20)29-18-7-5-6-17(13-18)27-3/h5-13,24H,1-4H3. The Kier molecular flexibility index (Phi) is 6.43. The molecule has 0 saturated carbocycles. The number of hydrogen-bond acceptors (Lipinski definition) is 5. The van der Waals surface area contributed by atoms with E-state index < -0.39 is 10.0 Å². The quantitative estimate of drug-likeness (QED) is 0.512. The molecule has 6 nitrogen and oxygen atoms in total. The third kappa shape index (κ3) is 4.80. The minimum atomic E-state index is -3.91. The molecule has 0 saturated heterocycles. The molecule has 3 aromatic rings. The fourth-order valence-electron chi connectivity index (χ4n) is 3.11. The van der Waals surface area contributed by atoms with Crippen molar-refractivity contribution < 1.29 is 22.6 Å². The molecule has 30 heavy (non-hydrogen) atoms. The molecule has 0 amide bonds. The Hall–Kier alpha value is -2.90. The zero-order valence-electron chi connectivity index (χ0n) is 17.0. The van der Waals surface area contributed by atoms with E-state index in [0.717, 1.165) is 0 Å². The first-order chi connectivity index (χ1) is 14.2. The first kappa shape index (κ1) is 21.8. The number of nitrogens with one attached hydrogen (secondary N) is 1. The van der Waals surface area contributed by atoms with Crippen molar-refractivity contribution in [3.8, 4) is 23.0 Å². The molecule has 0 aliphatic rings. The second kappa shape index (κ2) is 8.85. The van der Waals surface area contributed by atoms with E-state index in [1.807, 2.05) is 0 Å². The average Bonchev–Trinajstić information content (AvgIpc) is 2.69. The third-order valence-corrected chi connectivity index (χ3v) is 6.30. The predicted octanol–water partition coefficient (Wildman–Crippen LogP) is 5.57. The summed E-state index contributed by atoms with van der Waals surface area (Å²) >= 11 is 6.12. The van der Waals surface area contributed by atoms with Gasteiger partial charge in [-0.3, -0.25) is 4.72 Å². The Morgan fingerprint density at radius 1 is 0.833 bits per heavy atom. The van der Waals surface area contributed by atoms with Crippen LogP contribution in [0, 0.1) is 13.8 Å². The maximum absolute atomic E-state index is 13.2. The summed E-state index contributed by atoms with van der Waals surface area (Å²) in [6.07, 6.45) is 0. The van der Waals surface area contributed by atoms with E-state index in [-0.39, 0.29) is 10.6 Å². The van der Waals surface area contributed by atoms with Crippen LogP contribution in [0.3, 0.4) is 0 Å². The molecule has 158 valence electrons. The first-order valence-corrected chi connectivity index (χ1v) is 10.9. The van der Waals surface area contributed by atoms with E-state index >= 15 is 0 Å². The molecule has 8 heteroatoms. The van der Waals surface area contributed by atoms with Crippen LogP contribution in [0.2, 0.25) is 5.02 Å². The minimum Gasteiger partial charge on any atom is -0.497 e. The van der Waals surface area contributed by atoms with Crippen LogP contribution < -0.4 is 18.9 Å². The van der Waals surface area contributed by atoms with E-state index in [1.165, 1.54) is 13.2 Å². The van der Waals surface area contributed by atoms with Gasteiger partial charge in [0.05, 0.1) is 24.8 Å². The van der Waals surface area contributed by atoms with Crippen LogP contribution in [0.1, 0.15) is 11.1 Å². The lowest BCUT2D eigenvalue weighted by Crippen LogP contribution is -2.16. The summed E-state index contributed by atoms with van der Waals surface area (Å²) in [6.45, 7) is 3.44. The fraction of sp³-hybridized carbons (Fsp3) is 0.182. The maximum Gasteiger partial charge on any atom is 0.262 e. The normalized spacial score (nSPS) is 11.1. The number of ether oxygens (including phenoxy) is 3. The van der Waals surface area contributed by atoms with Crippen molar-refractivity contribution in [3.05, 3.63) is 70.7 Å². The van der Waals surface area contributed by atoms with Crippen molar-refractivity contribution in [3.63, 3.8) is 0 Å². The molecular formula is C22H22ClNO5S. The average molecular weight is 448 g/mol. The summed E-state index contributed by atoms with van der Waals surface area (Å²) in [5, 5.41) is 0.369. The van der Waals surface area contributed by atoms with Gasteiger partial charge in [-0.25, -0.2) is 8.42 Å². The Balaban J connectivity index is 1.99. The van der Waals surface area contributed by atoms with Crippen LogP contribution in [0.5, 0.6) is 23.0 Å². The molecule has 0 radical (unpaired) electrons. The van der Waals surface area contributed by atoms with Crippen molar-refractivity contribution in [2.24, 2.45) is 0 Å². The van der Waals surface area contributed by atoms with Crippen molar-refractivity contribution in [1.82, 2.24) is 0 Å². The second-order valence-electron chi connectivity index (χ2n) is 6.62. The Morgan fingerprint density at radius 2 is 1.47 bits per heavy atom. The van der Waals surface area contributed by atoms with Gasteiger partial charge in [-0.2, -0.15) is 0 Å². The molecule has 0 fully saturated rings. The molecular weight excluding hydrogens is 426 g/mol. The highest BCUT2D eigenvalue weighted by atomic mass is 35.5. The highest BCUT2D eigenvalue weighted by Crippen LogP contribution is 2.35. The lowest BCUT2D eigenvalue weighted by molar-refractivity contribution is 0.409. The number of aryl methyl sites for hydroxylation is 2. The van der Waals surface area contributed by atoms with E-state index in [0.29, 0.717) is 39.1 Å².